The van der Waals surface area contributed by atoms with Crippen LogP contribution in [0.25, 0.3) is 0 Å². The Hall–Kier alpha value is -2.53. The van der Waals surface area contributed by atoms with Crippen LogP contribution in [0.15, 0.2) is 54.6 Å². The summed E-state index contributed by atoms with van der Waals surface area (Å²) in [5.41, 5.74) is 3.30. The van der Waals surface area contributed by atoms with Gasteiger partial charge in [0.05, 0.1) is 0 Å². The van der Waals surface area contributed by atoms with Crippen LogP contribution in [-0.4, -0.2) is 29.9 Å². The predicted molar refractivity (Wildman–Crippen MR) is 102 cm³/mol. The maximum atomic E-state index is 11.9. The SMILES string of the molecule is O=C(NC1CC(Nc2cccc(CCCO)c2)C1)OCc1ccccc1. The van der Waals surface area contributed by atoms with Gasteiger partial charge in [-0.3, -0.25) is 0 Å². The van der Waals surface area contributed by atoms with Crippen LogP contribution in [0.1, 0.15) is 30.4 Å². The van der Waals surface area contributed by atoms with Crippen molar-refractivity contribution >= 4 is 11.8 Å². The van der Waals surface area contributed by atoms with E-state index in [-0.39, 0.29) is 18.7 Å². The molecular formula is C21H26N2O3. The normalized spacial score (nSPS) is 18.7. The van der Waals surface area contributed by atoms with Gasteiger partial charge in [0.25, 0.3) is 0 Å². The van der Waals surface area contributed by atoms with E-state index in [1.54, 1.807) is 0 Å². The van der Waals surface area contributed by atoms with Gasteiger partial charge in [-0.1, -0.05) is 42.5 Å². The molecule has 0 bridgehead atoms. The van der Waals surface area contributed by atoms with Gasteiger partial charge in [-0.15, -0.1) is 0 Å². The van der Waals surface area contributed by atoms with E-state index in [1.807, 2.05) is 36.4 Å². The molecule has 5 heteroatoms. The molecule has 0 radical (unpaired) electrons. The molecule has 26 heavy (non-hydrogen) atoms. The molecule has 0 heterocycles. The van der Waals surface area contributed by atoms with Crippen LogP contribution in [0.5, 0.6) is 0 Å². The second-order valence-electron chi connectivity index (χ2n) is 6.74. The molecule has 2 aromatic carbocycles. The van der Waals surface area contributed by atoms with Crippen LogP contribution in [0, 0.1) is 0 Å². The lowest BCUT2D eigenvalue weighted by Gasteiger charge is -2.36. The van der Waals surface area contributed by atoms with Gasteiger partial charge in [0.2, 0.25) is 0 Å². The van der Waals surface area contributed by atoms with Crippen molar-refractivity contribution in [3.63, 3.8) is 0 Å². The zero-order valence-electron chi connectivity index (χ0n) is 14.9. The number of ether oxygens (including phenoxy) is 1. The van der Waals surface area contributed by atoms with E-state index < -0.39 is 0 Å². The van der Waals surface area contributed by atoms with Crippen LogP contribution in [-0.2, 0) is 17.8 Å². The number of alkyl carbamates (subject to hydrolysis) is 1. The number of benzene rings is 2. The number of aliphatic hydroxyl groups excluding tert-OH is 1. The number of amides is 1. The number of hydrogen-bond donors (Lipinski definition) is 3. The van der Waals surface area contributed by atoms with Crippen LogP contribution in [0.4, 0.5) is 10.5 Å². The number of rotatable bonds is 8. The lowest BCUT2D eigenvalue weighted by Crippen LogP contribution is -2.49. The summed E-state index contributed by atoms with van der Waals surface area (Å²) in [4.78, 5) is 11.9. The molecule has 1 saturated carbocycles. The molecule has 0 unspecified atom stereocenters. The van der Waals surface area contributed by atoms with Gasteiger partial charge in [0.1, 0.15) is 6.61 Å². The quantitative estimate of drug-likeness (QED) is 0.679. The van der Waals surface area contributed by atoms with Crippen molar-refractivity contribution in [2.24, 2.45) is 0 Å². The molecule has 1 amide bonds. The molecule has 0 aromatic heterocycles. The Morgan fingerprint density at radius 2 is 1.81 bits per heavy atom. The number of carbonyl (C=O) groups excluding carboxylic acids is 1. The molecule has 3 N–H and O–H groups in total. The predicted octanol–water partition coefficient (Wildman–Crippen LogP) is 3.48. The van der Waals surface area contributed by atoms with E-state index in [2.05, 4.69) is 28.8 Å². The molecule has 1 fully saturated rings. The van der Waals surface area contributed by atoms with Crippen molar-refractivity contribution in [2.75, 3.05) is 11.9 Å². The monoisotopic (exact) mass is 354 g/mol. The molecule has 2 aromatic rings. The summed E-state index contributed by atoms with van der Waals surface area (Å²) in [6.07, 6.45) is 3.09. The van der Waals surface area contributed by atoms with Gasteiger partial charge in [0.15, 0.2) is 0 Å². The van der Waals surface area contributed by atoms with Crippen LogP contribution in [0.3, 0.4) is 0 Å². The first-order valence-corrected chi connectivity index (χ1v) is 9.16. The second-order valence-corrected chi connectivity index (χ2v) is 6.74. The molecule has 1 aliphatic rings. The smallest absolute Gasteiger partial charge is 0.407 e. The van der Waals surface area contributed by atoms with Crippen molar-refractivity contribution in [1.29, 1.82) is 0 Å². The fourth-order valence-corrected chi connectivity index (χ4v) is 3.12. The Kier molecular flexibility index (Phi) is 6.50. The molecule has 0 atom stereocenters. The molecular weight excluding hydrogens is 328 g/mol. The highest BCUT2D eigenvalue weighted by Gasteiger charge is 2.30. The summed E-state index contributed by atoms with van der Waals surface area (Å²) < 4.78 is 5.25. The highest BCUT2D eigenvalue weighted by Crippen LogP contribution is 2.25. The summed E-state index contributed by atoms with van der Waals surface area (Å²) in [6.45, 7) is 0.510. The average Bonchev–Trinajstić information content (AvgIpc) is 2.64. The van der Waals surface area contributed by atoms with Crippen molar-refractivity contribution in [1.82, 2.24) is 5.32 Å². The van der Waals surface area contributed by atoms with Crippen molar-refractivity contribution < 1.29 is 14.6 Å². The van der Waals surface area contributed by atoms with Crippen LogP contribution in [0.2, 0.25) is 0 Å². The van der Waals surface area contributed by atoms with E-state index in [0.29, 0.717) is 12.6 Å². The number of carbonyl (C=O) groups is 1. The third kappa shape index (κ3) is 5.49. The Bertz CT molecular complexity index is 699. The molecule has 0 spiro atoms. The first-order chi connectivity index (χ1) is 12.7. The Morgan fingerprint density at radius 3 is 2.58 bits per heavy atom. The fraction of sp³-hybridized carbons (Fsp3) is 0.381. The van der Waals surface area contributed by atoms with Crippen molar-refractivity contribution in [3.05, 3.63) is 65.7 Å². The topological polar surface area (TPSA) is 70.6 Å². The number of nitrogens with one attached hydrogen (secondary N) is 2. The van der Waals surface area contributed by atoms with Gasteiger partial charge in [-0.05, 0) is 48.9 Å². The summed E-state index contributed by atoms with van der Waals surface area (Å²) in [5.74, 6) is 0. The summed E-state index contributed by atoms with van der Waals surface area (Å²) >= 11 is 0. The molecule has 3 rings (SSSR count). The lowest BCUT2D eigenvalue weighted by molar-refractivity contribution is 0.129. The minimum atomic E-state index is -0.358. The average molecular weight is 354 g/mol. The van der Waals surface area contributed by atoms with E-state index in [9.17, 15) is 4.79 Å². The third-order valence-corrected chi connectivity index (χ3v) is 4.59. The zero-order valence-corrected chi connectivity index (χ0v) is 14.9. The summed E-state index contributed by atoms with van der Waals surface area (Å²) in [7, 11) is 0. The minimum absolute atomic E-state index is 0.161. The minimum Gasteiger partial charge on any atom is -0.445 e. The highest BCUT2D eigenvalue weighted by atomic mass is 16.5. The molecule has 1 aliphatic carbocycles. The largest absolute Gasteiger partial charge is 0.445 e. The maximum Gasteiger partial charge on any atom is 0.407 e. The van der Waals surface area contributed by atoms with E-state index in [0.717, 1.165) is 36.9 Å². The maximum absolute atomic E-state index is 11.9. The van der Waals surface area contributed by atoms with Gasteiger partial charge in [0, 0.05) is 24.4 Å². The Balaban J connectivity index is 1.36. The number of aliphatic hydroxyl groups is 1. The van der Waals surface area contributed by atoms with Crippen LogP contribution < -0.4 is 10.6 Å². The van der Waals surface area contributed by atoms with Gasteiger partial charge in [-0.25, -0.2) is 4.79 Å². The van der Waals surface area contributed by atoms with Crippen molar-refractivity contribution in [3.8, 4) is 0 Å². The van der Waals surface area contributed by atoms with E-state index in [4.69, 9.17) is 9.84 Å². The fourth-order valence-electron chi connectivity index (χ4n) is 3.12. The molecule has 0 saturated heterocycles. The number of hydrogen-bond acceptors (Lipinski definition) is 4. The second kappa shape index (κ2) is 9.25. The lowest BCUT2D eigenvalue weighted by atomic mass is 9.86. The Labute approximate surface area is 154 Å². The molecule has 5 nitrogen and oxygen atoms in total. The number of aryl methyl sites for hydroxylation is 1. The first-order valence-electron chi connectivity index (χ1n) is 9.16. The van der Waals surface area contributed by atoms with E-state index in [1.165, 1.54) is 5.56 Å². The summed E-state index contributed by atoms with van der Waals surface area (Å²) in [6, 6.07) is 18.5. The number of anilines is 1. The highest BCUT2D eigenvalue weighted by molar-refractivity contribution is 5.67. The molecule has 0 aliphatic heterocycles. The first kappa shape index (κ1) is 18.3. The van der Waals surface area contributed by atoms with Gasteiger partial charge in [-0.2, -0.15) is 0 Å². The molecule has 138 valence electrons. The zero-order chi connectivity index (χ0) is 18.2. The Morgan fingerprint density at radius 1 is 1.04 bits per heavy atom. The van der Waals surface area contributed by atoms with E-state index >= 15 is 0 Å². The van der Waals surface area contributed by atoms with Gasteiger partial charge >= 0.3 is 6.09 Å². The summed E-state index contributed by atoms with van der Waals surface area (Å²) in [5, 5.41) is 15.3. The van der Waals surface area contributed by atoms with Gasteiger partial charge < -0.3 is 20.5 Å². The third-order valence-electron chi connectivity index (χ3n) is 4.59. The standard InChI is InChI=1S/C21H26N2O3/c24-11-5-9-16-8-4-10-18(12-16)22-19-13-20(14-19)23-21(25)26-15-17-6-2-1-3-7-17/h1-4,6-8,10,12,19-20,22,24H,5,9,11,13-15H2,(H,23,25). The van der Waals surface area contributed by atoms with Crippen LogP contribution >= 0.6 is 0 Å². The van der Waals surface area contributed by atoms with Crippen molar-refractivity contribution in [2.45, 2.75) is 44.4 Å².